The number of carbonyl (C=O) groups is 2. The minimum absolute atomic E-state index is 0.0834. The molecule has 0 aliphatic carbocycles. The van der Waals surface area contributed by atoms with Crippen LogP contribution in [0.3, 0.4) is 0 Å². The molecule has 8 heteroatoms. The lowest BCUT2D eigenvalue weighted by Crippen LogP contribution is -2.51. The second-order valence-corrected chi connectivity index (χ2v) is 10.1. The first-order valence-corrected chi connectivity index (χ1v) is 12.9. The Labute approximate surface area is 207 Å². The lowest BCUT2D eigenvalue weighted by molar-refractivity contribution is -0.140. The molecule has 3 aromatic carbocycles. The molecular weight excluding hydrogens is 462 g/mol. The van der Waals surface area contributed by atoms with Crippen LogP contribution >= 0.6 is 0 Å². The van der Waals surface area contributed by atoms with E-state index in [1.807, 2.05) is 38.1 Å². The third-order valence-corrected chi connectivity index (χ3v) is 7.55. The topological polar surface area (TPSA) is 86.8 Å². The number of anilines is 1. The molecule has 1 N–H and O–H groups in total. The van der Waals surface area contributed by atoms with Crippen molar-refractivity contribution in [2.45, 2.75) is 37.8 Å². The number of carbonyl (C=O) groups excluding carboxylic acids is 2. The number of hydrogen-bond acceptors (Lipinski definition) is 4. The summed E-state index contributed by atoms with van der Waals surface area (Å²) < 4.78 is 28.3. The van der Waals surface area contributed by atoms with E-state index in [1.165, 1.54) is 24.1 Å². The monoisotopic (exact) mass is 493 g/mol. The van der Waals surface area contributed by atoms with Crippen molar-refractivity contribution in [2.75, 3.05) is 17.9 Å². The van der Waals surface area contributed by atoms with Crippen LogP contribution in [0.5, 0.6) is 0 Å². The molecule has 0 aromatic heterocycles. The Balaban J connectivity index is 2.01. The SMILES string of the molecule is CC[C@@H](C(=O)NC)N(Cc1ccc(C)cc1)C(=O)CN(c1ccccc1)S(=O)(=O)c1ccccc1. The Kier molecular flexibility index (Phi) is 8.65. The third-order valence-electron chi connectivity index (χ3n) is 5.76. The van der Waals surface area contributed by atoms with Gasteiger partial charge in [-0.25, -0.2) is 8.42 Å². The van der Waals surface area contributed by atoms with Gasteiger partial charge in [0.25, 0.3) is 10.0 Å². The predicted molar refractivity (Wildman–Crippen MR) is 137 cm³/mol. The van der Waals surface area contributed by atoms with E-state index in [9.17, 15) is 18.0 Å². The summed E-state index contributed by atoms with van der Waals surface area (Å²) in [5.74, 6) is -0.769. The summed E-state index contributed by atoms with van der Waals surface area (Å²) >= 11 is 0. The van der Waals surface area contributed by atoms with Crippen LogP contribution in [-0.4, -0.2) is 44.8 Å². The van der Waals surface area contributed by atoms with E-state index < -0.39 is 28.5 Å². The van der Waals surface area contributed by atoms with Gasteiger partial charge in [-0.15, -0.1) is 0 Å². The Hall–Kier alpha value is -3.65. The van der Waals surface area contributed by atoms with Crippen LogP contribution in [0.1, 0.15) is 24.5 Å². The van der Waals surface area contributed by atoms with Crippen LogP contribution in [0.2, 0.25) is 0 Å². The molecule has 0 bridgehead atoms. The van der Waals surface area contributed by atoms with Gasteiger partial charge in [-0.05, 0) is 43.2 Å². The summed E-state index contributed by atoms with van der Waals surface area (Å²) in [4.78, 5) is 27.9. The summed E-state index contributed by atoms with van der Waals surface area (Å²) in [5, 5.41) is 2.62. The van der Waals surface area contributed by atoms with Gasteiger partial charge in [-0.1, -0.05) is 73.2 Å². The molecule has 35 heavy (non-hydrogen) atoms. The first-order chi connectivity index (χ1) is 16.8. The molecule has 0 aliphatic rings. The maximum Gasteiger partial charge on any atom is 0.264 e. The zero-order chi connectivity index (χ0) is 25.4. The lowest BCUT2D eigenvalue weighted by Gasteiger charge is -2.33. The number of amides is 2. The number of nitrogens with one attached hydrogen (secondary N) is 1. The van der Waals surface area contributed by atoms with Crippen molar-refractivity contribution in [3.63, 3.8) is 0 Å². The van der Waals surface area contributed by atoms with Crippen molar-refractivity contribution in [1.29, 1.82) is 0 Å². The van der Waals surface area contributed by atoms with E-state index >= 15 is 0 Å². The van der Waals surface area contributed by atoms with E-state index in [0.29, 0.717) is 12.1 Å². The minimum Gasteiger partial charge on any atom is -0.357 e. The zero-order valence-corrected chi connectivity index (χ0v) is 21.0. The van der Waals surface area contributed by atoms with Crippen LogP contribution in [0.25, 0.3) is 0 Å². The highest BCUT2D eigenvalue weighted by Crippen LogP contribution is 2.24. The molecule has 0 saturated carbocycles. The summed E-state index contributed by atoms with van der Waals surface area (Å²) in [6.45, 7) is 3.53. The molecular formula is C27H31N3O4S. The second-order valence-electron chi connectivity index (χ2n) is 8.21. The number of aryl methyl sites for hydroxylation is 1. The van der Waals surface area contributed by atoms with Crippen LogP contribution in [0.4, 0.5) is 5.69 Å². The second kappa shape index (κ2) is 11.7. The maximum atomic E-state index is 13.7. The summed E-state index contributed by atoms with van der Waals surface area (Å²) in [7, 11) is -2.51. The van der Waals surface area contributed by atoms with Crippen LogP contribution < -0.4 is 9.62 Å². The molecule has 0 aliphatic heterocycles. The van der Waals surface area contributed by atoms with Crippen molar-refractivity contribution in [2.24, 2.45) is 0 Å². The van der Waals surface area contributed by atoms with Gasteiger partial charge in [0.2, 0.25) is 11.8 Å². The van der Waals surface area contributed by atoms with Crippen molar-refractivity contribution in [1.82, 2.24) is 10.2 Å². The van der Waals surface area contributed by atoms with E-state index in [-0.39, 0.29) is 17.3 Å². The van der Waals surface area contributed by atoms with Gasteiger partial charge in [0.1, 0.15) is 12.6 Å². The molecule has 1 atom stereocenters. The quantitative estimate of drug-likeness (QED) is 0.466. The van der Waals surface area contributed by atoms with Gasteiger partial charge < -0.3 is 10.2 Å². The molecule has 184 valence electrons. The molecule has 2 amide bonds. The number of benzene rings is 3. The standard InChI is InChI=1S/C27H31N3O4S/c1-4-25(27(32)28-3)29(19-22-17-15-21(2)16-18-22)26(31)20-30(23-11-7-5-8-12-23)35(33,34)24-13-9-6-10-14-24/h5-18,25H,4,19-20H2,1-3H3,(H,28,32)/t25-/m0/s1. The van der Waals surface area contributed by atoms with Crippen LogP contribution in [0.15, 0.2) is 89.8 Å². The van der Waals surface area contributed by atoms with E-state index in [0.717, 1.165) is 15.4 Å². The first kappa shape index (κ1) is 26.0. The number of hydrogen-bond donors (Lipinski definition) is 1. The third kappa shape index (κ3) is 6.27. The normalized spacial score (nSPS) is 12.0. The van der Waals surface area contributed by atoms with E-state index in [4.69, 9.17) is 0 Å². The zero-order valence-electron chi connectivity index (χ0n) is 20.2. The molecule has 7 nitrogen and oxygen atoms in total. The van der Waals surface area contributed by atoms with Crippen LogP contribution in [0, 0.1) is 6.92 Å². The predicted octanol–water partition coefficient (Wildman–Crippen LogP) is 3.74. The van der Waals surface area contributed by atoms with E-state index in [1.54, 1.807) is 48.5 Å². The number of para-hydroxylation sites is 1. The van der Waals surface area contributed by atoms with Crippen molar-refractivity contribution < 1.29 is 18.0 Å². The van der Waals surface area contributed by atoms with Crippen molar-refractivity contribution in [3.05, 3.63) is 96.1 Å². The molecule has 3 aromatic rings. The highest BCUT2D eigenvalue weighted by atomic mass is 32.2. The fourth-order valence-electron chi connectivity index (χ4n) is 3.82. The highest BCUT2D eigenvalue weighted by Gasteiger charge is 2.33. The first-order valence-electron chi connectivity index (χ1n) is 11.5. The molecule has 0 saturated heterocycles. The Bertz CT molecular complexity index is 1230. The smallest absolute Gasteiger partial charge is 0.264 e. The summed E-state index contributed by atoms with van der Waals surface area (Å²) in [6.07, 6.45) is 0.383. The van der Waals surface area contributed by atoms with Gasteiger partial charge >= 0.3 is 0 Å². The molecule has 0 radical (unpaired) electrons. The molecule has 0 fully saturated rings. The average molecular weight is 494 g/mol. The molecule has 0 heterocycles. The molecule has 0 unspecified atom stereocenters. The Morgan fingerprint density at radius 2 is 1.46 bits per heavy atom. The molecule has 0 spiro atoms. The largest absolute Gasteiger partial charge is 0.357 e. The lowest BCUT2D eigenvalue weighted by atomic mass is 10.1. The van der Waals surface area contributed by atoms with Gasteiger partial charge in [0.15, 0.2) is 0 Å². The number of nitrogens with zero attached hydrogens (tertiary/aromatic N) is 2. The maximum absolute atomic E-state index is 13.7. The summed E-state index contributed by atoms with van der Waals surface area (Å²) in [6, 6.07) is 23.5. The number of sulfonamides is 1. The Morgan fingerprint density at radius 3 is 2.00 bits per heavy atom. The van der Waals surface area contributed by atoms with Gasteiger partial charge in [0.05, 0.1) is 10.6 Å². The van der Waals surface area contributed by atoms with E-state index in [2.05, 4.69) is 5.32 Å². The minimum atomic E-state index is -4.03. The van der Waals surface area contributed by atoms with Gasteiger partial charge in [-0.2, -0.15) is 0 Å². The molecule has 3 rings (SSSR count). The number of rotatable bonds is 10. The van der Waals surface area contributed by atoms with Gasteiger partial charge in [0, 0.05) is 13.6 Å². The van der Waals surface area contributed by atoms with Gasteiger partial charge in [-0.3, -0.25) is 13.9 Å². The Morgan fingerprint density at radius 1 is 0.886 bits per heavy atom. The fraction of sp³-hybridized carbons (Fsp3) is 0.259. The van der Waals surface area contributed by atoms with Crippen molar-refractivity contribution in [3.8, 4) is 0 Å². The number of likely N-dealkylation sites (N-methyl/N-ethyl adjacent to an activating group) is 1. The average Bonchev–Trinajstić information content (AvgIpc) is 2.88. The summed E-state index contributed by atoms with van der Waals surface area (Å²) in [5.41, 5.74) is 2.30. The van der Waals surface area contributed by atoms with Crippen LogP contribution in [-0.2, 0) is 26.2 Å². The fourth-order valence-corrected chi connectivity index (χ4v) is 5.25. The highest BCUT2D eigenvalue weighted by molar-refractivity contribution is 7.92. The van der Waals surface area contributed by atoms with Crippen molar-refractivity contribution >= 4 is 27.5 Å².